The Morgan fingerprint density at radius 1 is 1.29 bits per heavy atom. The number of rotatable bonds is 0. The largest absolute Gasteiger partial charge is 0.487 e. The van der Waals surface area contributed by atoms with E-state index >= 15 is 0 Å². The third-order valence-corrected chi connectivity index (χ3v) is 4.04. The van der Waals surface area contributed by atoms with Gasteiger partial charge in [0.2, 0.25) is 0 Å². The van der Waals surface area contributed by atoms with Gasteiger partial charge in [-0.15, -0.1) is 12.4 Å². The zero-order valence-corrected chi connectivity index (χ0v) is 11.2. The van der Waals surface area contributed by atoms with Crippen LogP contribution >= 0.6 is 24.0 Å². The van der Waals surface area contributed by atoms with E-state index in [0.717, 1.165) is 35.6 Å². The van der Waals surface area contributed by atoms with Crippen molar-refractivity contribution in [2.75, 3.05) is 0 Å². The fourth-order valence-corrected chi connectivity index (χ4v) is 3.19. The number of hydrogen-bond acceptors (Lipinski definition) is 2. The number of nitrogens with two attached hydrogens (primary N) is 1. The van der Waals surface area contributed by atoms with Gasteiger partial charge in [-0.3, -0.25) is 0 Å². The monoisotopic (exact) mass is 273 g/mol. The molecular formula is C13H17Cl2NO. The lowest BCUT2D eigenvalue weighted by molar-refractivity contribution is 0.0426. The highest BCUT2D eigenvalue weighted by Crippen LogP contribution is 2.46. The fraction of sp³-hybridized carbons (Fsp3) is 0.538. The molecule has 1 aliphatic carbocycles. The summed E-state index contributed by atoms with van der Waals surface area (Å²) in [6.07, 6.45) is 5.73. The number of ether oxygens (including phenoxy) is 1. The molecule has 1 aliphatic heterocycles. The van der Waals surface area contributed by atoms with Crippen LogP contribution in [-0.4, -0.2) is 5.60 Å². The molecule has 1 aromatic carbocycles. The topological polar surface area (TPSA) is 35.2 Å². The number of fused-ring (bicyclic) bond motifs is 1. The van der Waals surface area contributed by atoms with Crippen LogP contribution in [0.4, 0.5) is 0 Å². The quantitative estimate of drug-likeness (QED) is 0.779. The zero-order chi connectivity index (χ0) is 11.2. The second-order valence-corrected chi connectivity index (χ2v) is 5.42. The molecule has 94 valence electrons. The molecule has 0 amide bonds. The second-order valence-electron chi connectivity index (χ2n) is 4.98. The van der Waals surface area contributed by atoms with Gasteiger partial charge in [0.15, 0.2) is 0 Å². The summed E-state index contributed by atoms with van der Waals surface area (Å²) in [5, 5.41) is 0.736. The Balaban J connectivity index is 0.00000108. The van der Waals surface area contributed by atoms with Crippen molar-refractivity contribution in [2.45, 2.75) is 43.7 Å². The molecule has 2 nitrogen and oxygen atoms in total. The highest BCUT2D eigenvalue weighted by molar-refractivity contribution is 6.30. The van der Waals surface area contributed by atoms with Crippen LogP contribution < -0.4 is 10.5 Å². The summed E-state index contributed by atoms with van der Waals surface area (Å²) in [7, 11) is 0. The maximum absolute atomic E-state index is 6.23. The Bertz CT molecular complexity index is 416. The average Bonchev–Trinajstić information content (AvgIpc) is 2.68. The van der Waals surface area contributed by atoms with E-state index in [2.05, 4.69) is 0 Å². The van der Waals surface area contributed by atoms with Crippen molar-refractivity contribution in [3.8, 4) is 5.75 Å². The molecule has 1 fully saturated rings. The van der Waals surface area contributed by atoms with Gasteiger partial charge < -0.3 is 10.5 Å². The lowest BCUT2D eigenvalue weighted by Crippen LogP contribution is -2.40. The first-order valence-corrected chi connectivity index (χ1v) is 6.30. The van der Waals surface area contributed by atoms with E-state index < -0.39 is 0 Å². The van der Waals surface area contributed by atoms with Gasteiger partial charge in [0.1, 0.15) is 11.4 Å². The molecule has 17 heavy (non-hydrogen) atoms. The van der Waals surface area contributed by atoms with Gasteiger partial charge >= 0.3 is 0 Å². The van der Waals surface area contributed by atoms with Crippen molar-refractivity contribution >= 4 is 24.0 Å². The molecule has 0 radical (unpaired) electrons. The highest BCUT2D eigenvalue weighted by atomic mass is 35.5. The van der Waals surface area contributed by atoms with Gasteiger partial charge in [0, 0.05) is 23.0 Å². The van der Waals surface area contributed by atoms with Gasteiger partial charge in [-0.1, -0.05) is 11.6 Å². The minimum Gasteiger partial charge on any atom is -0.487 e. The number of halogens is 2. The Hall–Kier alpha value is -0.440. The van der Waals surface area contributed by atoms with Gasteiger partial charge in [-0.05, 0) is 43.9 Å². The van der Waals surface area contributed by atoms with Gasteiger partial charge in [-0.25, -0.2) is 0 Å². The van der Waals surface area contributed by atoms with Crippen LogP contribution in [0.2, 0.25) is 5.02 Å². The Morgan fingerprint density at radius 3 is 2.71 bits per heavy atom. The molecule has 0 aromatic heterocycles. The van der Waals surface area contributed by atoms with Crippen molar-refractivity contribution in [3.05, 3.63) is 28.8 Å². The van der Waals surface area contributed by atoms with Crippen molar-refractivity contribution < 1.29 is 4.74 Å². The standard InChI is InChI=1S/C13H16ClNO.ClH/c14-9-3-4-12-10(7-9)11(15)8-13(16-12)5-1-2-6-13;/h3-4,7,11H,1-2,5-6,8,15H2;1H/t11-;/m1./s1. The smallest absolute Gasteiger partial charge is 0.125 e. The van der Waals surface area contributed by atoms with Crippen LogP contribution in [0.5, 0.6) is 5.75 Å². The molecule has 0 bridgehead atoms. The maximum Gasteiger partial charge on any atom is 0.125 e. The summed E-state index contributed by atoms with van der Waals surface area (Å²) in [4.78, 5) is 0. The molecule has 2 aliphatic rings. The molecule has 2 N–H and O–H groups in total. The maximum atomic E-state index is 6.23. The van der Waals surface area contributed by atoms with Gasteiger partial charge in [0.25, 0.3) is 0 Å². The Morgan fingerprint density at radius 2 is 2.00 bits per heavy atom. The summed E-state index contributed by atoms with van der Waals surface area (Å²) in [6, 6.07) is 5.84. The Kier molecular flexibility index (Phi) is 3.58. The predicted molar refractivity (Wildman–Crippen MR) is 72.1 cm³/mol. The first kappa shape index (κ1) is 13.0. The minimum absolute atomic E-state index is 0. The molecule has 3 rings (SSSR count). The Labute approximate surface area is 113 Å². The molecule has 1 saturated carbocycles. The minimum atomic E-state index is 0. The fourth-order valence-electron chi connectivity index (χ4n) is 3.01. The molecular weight excluding hydrogens is 257 g/mol. The first-order valence-electron chi connectivity index (χ1n) is 5.93. The van der Waals surface area contributed by atoms with E-state index in [1.54, 1.807) is 0 Å². The van der Waals surface area contributed by atoms with Crippen LogP contribution in [0.3, 0.4) is 0 Å². The van der Waals surface area contributed by atoms with E-state index in [4.69, 9.17) is 22.1 Å². The summed E-state index contributed by atoms with van der Waals surface area (Å²) in [5.74, 6) is 0.935. The lowest BCUT2D eigenvalue weighted by Gasteiger charge is -2.38. The molecule has 0 unspecified atom stereocenters. The van der Waals surface area contributed by atoms with E-state index in [0.29, 0.717) is 0 Å². The summed E-state index contributed by atoms with van der Waals surface area (Å²) in [5.41, 5.74) is 7.31. The number of benzene rings is 1. The SMILES string of the molecule is Cl.N[C@@H]1CC2(CCCC2)Oc2ccc(Cl)cc21. The van der Waals surface area contributed by atoms with Crippen LogP contribution in [0.1, 0.15) is 43.7 Å². The molecule has 4 heteroatoms. The zero-order valence-electron chi connectivity index (χ0n) is 9.62. The van der Waals surface area contributed by atoms with E-state index in [9.17, 15) is 0 Å². The first-order chi connectivity index (χ1) is 7.69. The molecule has 1 atom stereocenters. The third kappa shape index (κ3) is 2.26. The van der Waals surface area contributed by atoms with Crippen LogP contribution in [-0.2, 0) is 0 Å². The highest BCUT2D eigenvalue weighted by Gasteiger charge is 2.41. The van der Waals surface area contributed by atoms with Crippen LogP contribution in [0.25, 0.3) is 0 Å². The van der Waals surface area contributed by atoms with E-state index in [1.165, 1.54) is 12.8 Å². The lowest BCUT2D eigenvalue weighted by atomic mass is 9.86. The van der Waals surface area contributed by atoms with Crippen molar-refractivity contribution in [3.63, 3.8) is 0 Å². The molecule has 1 heterocycles. The molecule has 0 saturated heterocycles. The summed E-state index contributed by atoms with van der Waals surface area (Å²) in [6.45, 7) is 0. The van der Waals surface area contributed by atoms with E-state index in [1.807, 2.05) is 18.2 Å². The predicted octanol–water partition coefficient (Wildman–Crippen LogP) is 3.86. The number of hydrogen-bond donors (Lipinski definition) is 1. The normalized spacial score (nSPS) is 24.9. The second kappa shape index (κ2) is 4.68. The van der Waals surface area contributed by atoms with Gasteiger partial charge in [0.05, 0.1) is 0 Å². The van der Waals surface area contributed by atoms with Crippen LogP contribution in [0, 0.1) is 0 Å². The van der Waals surface area contributed by atoms with Gasteiger partial charge in [-0.2, -0.15) is 0 Å². The van der Waals surface area contributed by atoms with Crippen molar-refractivity contribution in [1.82, 2.24) is 0 Å². The molecule has 1 spiro atoms. The van der Waals surface area contributed by atoms with Crippen LogP contribution in [0.15, 0.2) is 18.2 Å². The van der Waals surface area contributed by atoms with E-state index in [-0.39, 0.29) is 24.0 Å². The summed E-state index contributed by atoms with van der Waals surface area (Å²) >= 11 is 5.98. The average molecular weight is 274 g/mol. The van der Waals surface area contributed by atoms with Crippen molar-refractivity contribution in [1.29, 1.82) is 0 Å². The molecule has 1 aromatic rings. The van der Waals surface area contributed by atoms with Crippen molar-refractivity contribution in [2.24, 2.45) is 5.73 Å². The third-order valence-electron chi connectivity index (χ3n) is 3.80. The summed E-state index contributed by atoms with van der Waals surface area (Å²) < 4.78 is 6.17.